The first-order valence-corrected chi connectivity index (χ1v) is 19.3. The van der Waals surface area contributed by atoms with Crippen LogP contribution in [0.2, 0.25) is 0 Å². The van der Waals surface area contributed by atoms with E-state index in [4.69, 9.17) is 0 Å². The minimum atomic E-state index is 1.14. The molecule has 0 amide bonds. The van der Waals surface area contributed by atoms with Crippen molar-refractivity contribution in [3.05, 3.63) is 218 Å². The van der Waals surface area contributed by atoms with Crippen molar-refractivity contribution in [3.8, 4) is 55.9 Å². The summed E-state index contributed by atoms with van der Waals surface area (Å²) in [4.78, 5) is 0. The molecule has 9 aromatic carbocycles. The second kappa shape index (κ2) is 13.2. The number of hydrogen-bond acceptors (Lipinski definition) is 0. The fourth-order valence-electron chi connectivity index (χ4n) is 8.59. The van der Waals surface area contributed by atoms with Crippen LogP contribution in [0, 0.1) is 0 Å². The summed E-state index contributed by atoms with van der Waals surface area (Å²) in [5.41, 5.74) is 16.8. The van der Waals surface area contributed by atoms with Crippen molar-refractivity contribution in [1.82, 2.24) is 9.13 Å². The van der Waals surface area contributed by atoms with Crippen LogP contribution in [0.3, 0.4) is 0 Å². The van der Waals surface area contributed by atoms with E-state index in [1.54, 1.807) is 0 Å². The van der Waals surface area contributed by atoms with Crippen LogP contribution in [0.5, 0.6) is 0 Å². The Morgan fingerprint density at radius 2 is 0.554 bits per heavy atom. The number of benzene rings is 9. The lowest BCUT2D eigenvalue weighted by atomic mass is 9.99. The van der Waals surface area contributed by atoms with E-state index in [9.17, 15) is 0 Å². The molecule has 11 rings (SSSR count). The van der Waals surface area contributed by atoms with Crippen LogP contribution in [0.1, 0.15) is 0 Å². The molecule has 56 heavy (non-hydrogen) atoms. The van der Waals surface area contributed by atoms with Crippen LogP contribution < -0.4 is 0 Å². The van der Waals surface area contributed by atoms with Crippen molar-refractivity contribution < 1.29 is 0 Å². The van der Waals surface area contributed by atoms with E-state index < -0.39 is 0 Å². The van der Waals surface area contributed by atoms with Gasteiger partial charge in [-0.25, -0.2) is 0 Å². The zero-order valence-corrected chi connectivity index (χ0v) is 30.7. The zero-order chi connectivity index (χ0) is 37.0. The van der Waals surface area contributed by atoms with Crippen molar-refractivity contribution in [1.29, 1.82) is 0 Å². The Morgan fingerprint density at radius 1 is 0.196 bits per heavy atom. The SMILES string of the molecule is c1ccc(-c2ccc(-c3ccc(-n4c5ccc(-c6ccc7c(c6)c6ccccc6n7-c6ccccc6)cc5c5ccc(-c6ccccc6)cc54)cc3)cc2)cc1. The maximum atomic E-state index is 2.43. The van der Waals surface area contributed by atoms with E-state index in [2.05, 4.69) is 228 Å². The Balaban J connectivity index is 1.04. The second-order valence-electron chi connectivity index (χ2n) is 14.6. The number of aromatic nitrogens is 2. The predicted octanol–water partition coefficient (Wildman–Crippen LogP) is 14.5. The van der Waals surface area contributed by atoms with Gasteiger partial charge in [-0.3, -0.25) is 0 Å². The number of fused-ring (bicyclic) bond motifs is 6. The van der Waals surface area contributed by atoms with E-state index in [-0.39, 0.29) is 0 Å². The first-order chi connectivity index (χ1) is 27.8. The molecule has 0 aliphatic rings. The molecule has 2 heteroatoms. The molecule has 262 valence electrons. The highest BCUT2D eigenvalue weighted by molar-refractivity contribution is 6.13. The summed E-state index contributed by atoms with van der Waals surface area (Å²) in [6.45, 7) is 0. The van der Waals surface area contributed by atoms with E-state index >= 15 is 0 Å². The van der Waals surface area contributed by atoms with Crippen molar-refractivity contribution in [2.75, 3.05) is 0 Å². The Morgan fingerprint density at radius 3 is 1.14 bits per heavy atom. The van der Waals surface area contributed by atoms with Crippen molar-refractivity contribution in [3.63, 3.8) is 0 Å². The maximum Gasteiger partial charge on any atom is 0.0547 e. The van der Waals surface area contributed by atoms with E-state index in [1.807, 2.05) is 0 Å². The molecule has 0 aliphatic carbocycles. The maximum absolute atomic E-state index is 2.43. The Labute approximate surface area is 325 Å². The van der Waals surface area contributed by atoms with Gasteiger partial charge in [0.2, 0.25) is 0 Å². The molecule has 0 bridgehead atoms. The van der Waals surface area contributed by atoms with Gasteiger partial charge in [-0.2, -0.15) is 0 Å². The monoisotopic (exact) mass is 712 g/mol. The van der Waals surface area contributed by atoms with E-state index in [1.165, 1.54) is 93.8 Å². The molecule has 2 aromatic heterocycles. The zero-order valence-electron chi connectivity index (χ0n) is 30.7. The van der Waals surface area contributed by atoms with Gasteiger partial charge in [0.25, 0.3) is 0 Å². The van der Waals surface area contributed by atoms with Crippen LogP contribution in [0.25, 0.3) is 99.5 Å². The van der Waals surface area contributed by atoms with Crippen LogP contribution in [-0.2, 0) is 0 Å². The summed E-state index contributed by atoms with van der Waals surface area (Å²) in [5.74, 6) is 0. The van der Waals surface area contributed by atoms with Gasteiger partial charge in [-0.05, 0) is 105 Å². The van der Waals surface area contributed by atoms with E-state index in [0.717, 1.165) is 5.69 Å². The lowest BCUT2D eigenvalue weighted by molar-refractivity contribution is 1.18. The van der Waals surface area contributed by atoms with Crippen molar-refractivity contribution in [2.45, 2.75) is 0 Å². The Hall–Kier alpha value is -7.42. The van der Waals surface area contributed by atoms with Crippen molar-refractivity contribution in [2.24, 2.45) is 0 Å². The molecule has 11 aromatic rings. The fourth-order valence-corrected chi connectivity index (χ4v) is 8.59. The van der Waals surface area contributed by atoms with Crippen molar-refractivity contribution >= 4 is 43.6 Å². The van der Waals surface area contributed by atoms with Gasteiger partial charge >= 0.3 is 0 Å². The number of para-hydroxylation sites is 2. The van der Waals surface area contributed by atoms with Gasteiger partial charge in [-0.1, -0.05) is 158 Å². The smallest absolute Gasteiger partial charge is 0.0547 e. The molecular weight excluding hydrogens is 677 g/mol. The third-order valence-electron chi connectivity index (χ3n) is 11.3. The van der Waals surface area contributed by atoms with Crippen LogP contribution in [-0.4, -0.2) is 9.13 Å². The molecule has 2 nitrogen and oxygen atoms in total. The average Bonchev–Trinajstić information content (AvgIpc) is 3.79. The highest BCUT2D eigenvalue weighted by Crippen LogP contribution is 2.40. The normalized spacial score (nSPS) is 11.6. The third-order valence-corrected chi connectivity index (χ3v) is 11.3. The topological polar surface area (TPSA) is 9.86 Å². The summed E-state index contributed by atoms with van der Waals surface area (Å²) in [5, 5.41) is 5.00. The Bertz CT molecular complexity index is 3190. The summed E-state index contributed by atoms with van der Waals surface area (Å²) in [6.07, 6.45) is 0. The second-order valence-corrected chi connectivity index (χ2v) is 14.6. The summed E-state index contributed by atoms with van der Waals surface area (Å²) < 4.78 is 4.81. The van der Waals surface area contributed by atoms with E-state index in [0.29, 0.717) is 0 Å². The quantitative estimate of drug-likeness (QED) is 0.162. The van der Waals surface area contributed by atoms with Gasteiger partial charge in [-0.15, -0.1) is 0 Å². The van der Waals surface area contributed by atoms with Crippen LogP contribution in [0.4, 0.5) is 0 Å². The Kier molecular flexibility index (Phi) is 7.53. The van der Waals surface area contributed by atoms with Gasteiger partial charge in [0, 0.05) is 32.9 Å². The first-order valence-electron chi connectivity index (χ1n) is 19.3. The minimum Gasteiger partial charge on any atom is -0.309 e. The lowest BCUT2D eigenvalue weighted by Crippen LogP contribution is -1.94. The summed E-state index contributed by atoms with van der Waals surface area (Å²) >= 11 is 0. The molecule has 0 N–H and O–H groups in total. The number of hydrogen-bond donors (Lipinski definition) is 0. The molecule has 0 atom stereocenters. The van der Waals surface area contributed by atoms with Gasteiger partial charge in [0.1, 0.15) is 0 Å². The minimum absolute atomic E-state index is 1.14. The third kappa shape index (κ3) is 5.34. The fraction of sp³-hybridized carbons (Fsp3) is 0. The highest BCUT2D eigenvalue weighted by atomic mass is 15.0. The van der Waals surface area contributed by atoms with Crippen LogP contribution in [0.15, 0.2) is 218 Å². The summed E-state index contributed by atoms with van der Waals surface area (Å²) in [7, 11) is 0. The molecule has 2 heterocycles. The molecule has 0 radical (unpaired) electrons. The largest absolute Gasteiger partial charge is 0.309 e. The number of nitrogens with zero attached hydrogens (tertiary/aromatic N) is 2. The standard InChI is InChI=1S/C54H36N2/c1-4-12-37(13-5-1)39-20-22-40(23-21-39)41-24-29-46(30-25-41)56-53-33-28-43(35-50(53)48-31-26-44(36-54(48)56)38-14-6-2-7-15-38)42-27-32-52-49(34-42)47-18-10-11-19-51(47)55(52)45-16-8-3-9-17-45/h1-36H. The molecule has 0 unspecified atom stereocenters. The predicted molar refractivity (Wildman–Crippen MR) is 237 cm³/mol. The van der Waals surface area contributed by atoms with Gasteiger partial charge < -0.3 is 9.13 Å². The molecule has 0 saturated carbocycles. The van der Waals surface area contributed by atoms with Gasteiger partial charge in [0.15, 0.2) is 0 Å². The highest BCUT2D eigenvalue weighted by Gasteiger charge is 2.17. The van der Waals surface area contributed by atoms with Crippen LogP contribution >= 0.6 is 0 Å². The molecule has 0 aliphatic heterocycles. The molecule has 0 saturated heterocycles. The molecule has 0 fully saturated rings. The lowest BCUT2D eigenvalue weighted by Gasteiger charge is -2.11. The molecular formula is C54H36N2. The molecule has 0 spiro atoms. The summed E-state index contributed by atoms with van der Waals surface area (Å²) in [6, 6.07) is 79.4. The van der Waals surface area contributed by atoms with Gasteiger partial charge in [0.05, 0.1) is 22.1 Å². The average molecular weight is 713 g/mol. The first kappa shape index (κ1) is 32.0. The number of rotatable bonds is 6.